The van der Waals surface area contributed by atoms with Gasteiger partial charge in [-0.1, -0.05) is 6.07 Å². The minimum Gasteiger partial charge on any atom is -0.399 e. The molecule has 0 aliphatic rings. The van der Waals surface area contributed by atoms with E-state index in [0.29, 0.717) is 6.07 Å². The molecule has 0 heterocycles. The predicted molar refractivity (Wildman–Crippen MR) is 68.0 cm³/mol. The van der Waals surface area contributed by atoms with E-state index in [1.165, 1.54) is 18.2 Å². The van der Waals surface area contributed by atoms with Crippen molar-refractivity contribution in [2.75, 3.05) is 5.73 Å². The summed E-state index contributed by atoms with van der Waals surface area (Å²) in [6, 6.07) is 5.86. The van der Waals surface area contributed by atoms with Crippen LogP contribution < -0.4 is 57.1 Å². The van der Waals surface area contributed by atoms with Crippen LogP contribution in [0.5, 0.6) is 0 Å². The van der Waals surface area contributed by atoms with Crippen molar-refractivity contribution in [1.82, 2.24) is 0 Å². The van der Waals surface area contributed by atoms with Crippen LogP contribution in [-0.4, -0.2) is 25.9 Å². The molecule has 0 aliphatic carbocycles. The van der Waals surface area contributed by atoms with E-state index in [0.717, 1.165) is 6.07 Å². The van der Waals surface area contributed by atoms with Gasteiger partial charge in [0.1, 0.15) is 4.90 Å². The van der Waals surface area contributed by atoms with Crippen LogP contribution in [0.25, 0.3) is 10.8 Å². The second kappa shape index (κ2) is 5.99. The van der Waals surface area contributed by atoms with Gasteiger partial charge < -0.3 is 5.73 Å². The van der Waals surface area contributed by atoms with E-state index >= 15 is 0 Å². The molecule has 2 rings (SSSR count). The maximum Gasteiger partial charge on any atom is 1.00 e. The Morgan fingerprint density at radius 3 is 2.00 bits per heavy atom. The molecule has 7 nitrogen and oxygen atoms in total. The Morgan fingerprint density at radius 1 is 0.900 bits per heavy atom. The predicted octanol–water partition coefficient (Wildman–Crippen LogP) is -2.08. The number of fused-ring (bicyclic) bond motifs is 1. The van der Waals surface area contributed by atoms with Gasteiger partial charge in [0.05, 0.1) is 4.90 Å². The Kier molecular flexibility index (Phi) is 5.39. The van der Waals surface area contributed by atoms with E-state index in [4.69, 9.17) is 14.8 Å². The van der Waals surface area contributed by atoms with Gasteiger partial charge in [-0.15, -0.1) is 0 Å². The molecule has 0 spiro atoms. The Morgan fingerprint density at radius 2 is 1.50 bits per heavy atom. The third kappa shape index (κ3) is 3.78. The Balaban J connectivity index is 0.00000200. The number of benzene rings is 2. The van der Waals surface area contributed by atoms with Gasteiger partial charge in [-0.05, 0) is 29.7 Å². The van der Waals surface area contributed by atoms with E-state index in [2.05, 4.69) is 0 Å². The topological polar surface area (TPSA) is 135 Å². The molecule has 102 valence electrons. The second-order valence-electron chi connectivity index (χ2n) is 3.85. The molecular weight excluding hydrogens is 333 g/mol. The van der Waals surface area contributed by atoms with Crippen LogP contribution in [-0.2, 0) is 20.2 Å². The average molecular weight is 342 g/mol. The van der Waals surface area contributed by atoms with Crippen LogP contribution in [0, 0.1) is 0 Å². The largest absolute Gasteiger partial charge is 1.00 e. The first-order valence-electron chi connectivity index (χ1n) is 4.87. The van der Waals surface area contributed by atoms with Crippen molar-refractivity contribution in [3.05, 3.63) is 30.3 Å². The number of nitrogen functional groups attached to an aromatic ring is 1. The molecular formula is C10H9KNO6S2+. The van der Waals surface area contributed by atoms with Crippen molar-refractivity contribution in [2.24, 2.45) is 0 Å². The summed E-state index contributed by atoms with van der Waals surface area (Å²) in [7, 11) is -9.25. The van der Waals surface area contributed by atoms with Gasteiger partial charge in [0, 0.05) is 11.1 Å². The van der Waals surface area contributed by atoms with E-state index in [-0.39, 0.29) is 67.8 Å². The van der Waals surface area contributed by atoms with E-state index in [1.54, 1.807) is 0 Å². The molecule has 0 atom stereocenters. The summed E-state index contributed by atoms with van der Waals surface area (Å²) in [5.41, 5.74) is 5.76. The van der Waals surface area contributed by atoms with Crippen molar-refractivity contribution in [2.45, 2.75) is 9.79 Å². The number of hydrogen-bond acceptors (Lipinski definition) is 5. The maximum absolute atomic E-state index is 11.3. The van der Waals surface area contributed by atoms with E-state index in [9.17, 15) is 16.8 Å². The molecule has 2 aromatic rings. The Hall–Kier alpha value is -0.0436. The summed E-state index contributed by atoms with van der Waals surface area (Å²) in [6.45, 7) is 0. The molecule has 0 aromatic heterocycles. The third-order valence-corrected chi connectivity index (χ3v) is 4.21. The zero-order valence-electron chi connectivity index (χ0n) is 10.3. The number of nitrogens with two attached hydrogens (primary N) is 1. The number of anilines is 1. The van der Waals surface area contributed by atoms with Crippen LogP contribution >= 0.6 is 0 Å². The first-order chi connectivity index (χ1) is 8.59. The summed E-state index contributed by atoms with van der Waals surface area (Å²) < 4.78 is 62.8. The molecule has 0 saturated heterocycles. The van der Waals surface area contributed by atoms with Crippen molar-refractivity contribution in [1.29, 1.82) is 0 Å². The van der Waals surface area contributed by atoms with Crippen molar-refractivity contribution in [3.63, 3.8) is 0 Å². The fourth-order valence-electron chi connectivity index (χ4n) is 1.68. The van der Waals surface area contributed by atoms with Gasteiger partial charge in [-0.25, -0.2) is 0 Å². The van der Waals surface area contributed by atoms with E-state index < -0.39 is 30.0 Å². The summed E-state index contributed by atoms with van der Waals surface area (Å²) in [5.74, 6) is 0. The molecule has 0 radical (unpaired) electrons. The molecule has 0 amide bonds. The van der Waals surface area contributed by atoms with Gasteiger partial charge >= 0.3 is 51.4 Å². The molecule has 10 heteroatoms. The van der Waals surface area contributed by atoms with Crippen LogP contribution in [0.1, 0.15) is 0 Å². The molecule has 0 aliphatic heterocycles. The van der Waals surface area contributed by atoms with Gasteiger partial charge in [0.25, 0.3) is 20.2 Å². The van der Waals surface area contributed by atoms with E-state index in [1.807, 2.05) is 0 Å². The second-order valence-corrected chi connectivity index (χ2v) is 6.66. The zero-order chi connectivity index (χ0) is 14.4. The maximum atomic E-state index is 11.3. The summed E-state index contributed by atoms with van der Waals surface area (Å²) in [5, 5.41) is 0.270. The number of rotatable bonds is 2. The van der Waals surface area contributed by atoms with Crippen LogP contribution in [0.4, 0.5) is 5.69 Å². The Labute approximate surface area is 158 Å². The first-order valence-corrected chi connectivity index (χ1v) is 7.75. The Bertz CT molecular complexity index is 876. The van der Waals surface area contributed by atoms with Crippen LogP contribution in [0.2, 0.25) is 0 Å². The standard InChI is InChI=1S/C10H9NO6S2.K/c11-7-2-1-6-3-8(18(12,13)14)5-10(9(6)4-7)19(15,16)17;/h1-5H,11H2,(H,12,13,14)(H,15,16,17);/q;+1. The molecule has 0 fully saturated rings. The fourth-order valence-corrected chi connectivity index (χ4v) is 3.03. The average Bonchev–Trinajstić information content (AvgIpc) is 2.24. The zero-order valence-corrected chi connectivity index (χ0v) is 15.1. The van der Waals surface area contributed by atoms with Gasteiger partial charge in [0.2, 0.25) is 0 Å². The summed E-state index contributed by atoms with van der Waals surface area (Å²) in [6.07, 6.45) is 0. The van der Waals surface area contributed by atoms with Crippen LogP contribution in [0.3, 0.4) is 0 Å². The van der Waals surface area contributed by atoms with Crippen molar-refractivity contribution < 1.29 is 77.3 Å². The number of hydrogen-bond donors (Lipinski definition) is 3. The minimum atomic E-state index is -4.66. The quantitative estimate of drug-likeness (QED) is 0.324. The summed E-state index contributed by atoms with van der Waals surface area (Å²) in [4.78, 5) is -1.26. The third-order valence-electron chi connectivity index (χ3n) is 2.49. The van der Waals surface area contributed by atoms with Crippen LogP contribution in [0.15, 0.2) is 40.1 Å². The SMILES string of the molecule is Nc1ccc2cc(S(=O)(=O)O)cc(S(=O)(=O)O)c2c1.[K+]. The minimum absolute atomic E-state index is 0. The van der Waals surface area contributed by atoms with Gasteiger partial charge in [-0.2, -0.15) is 16.8 Å². The smallest absolute Gasteiger partial charge is 0.399 e. The van der Waals surface area contributed by atoms with Gasteiger partial charge in [-0.3, -0.25) is 9.11 Å². The first kappa shape index (κ1) is 18.0. The van der Waals surface area contributed by atoms with Gasteiger partial charge in [0.15, 0.2) is 0 Å². The molecule has 20 heavy (non-hydrogen) atoms. The molecule has 0 bridgehead atoms. The molecule has 2 aromatic carbocycles. The van der Waals surface area contributed by atoms with Crippen molar-refractivity contribution in [3.8, 4) is 0 Å². The summed E-state index contributed by atoms with van der Waals surface area (Å²) >= 11 is 0. The normalized spacial score (nSPS) is 12.1. The molecule has 0 saturated carbocycles. The molecule has 4 N–H and O–H groups in total. The monoisotopic (exact) mass is 342 g/mol. The molecule has 0 unspecified atom stereocenters. The fraction of sp³-hybridized carbons (Fsp3) is 0. The van der Waals surface area contributed by atoms with Crippen molar-refractivity contribution >= 4 is 36.7 Å².